The maximum atomic E-state index is 12.2. The zero-order valence-corrected chi connectivity index (χ0v) is 11.0. The van der Waals surface area contributed by atoms with Gasteiger partial charge in [-0.1, -0.05) is 15.9 Å². The largest absolute Gasteiger partial charge is 0.456 e. The summed E-state index contributed by atoms with van der Waals surface area (Å²) in [5.41, 5.74) is 0. The highest BCUT2D eigenvalue weighted by atomic mass is 79.9. The molecule has 16 heavy (non-hydrogen) atoms. The summed E-state index contributed by atoms with van der Waals surface area (Å²) in [6, 6.07) is 4.01. The van der Waals surface area contributed by atoms with E-state index in [2.05, 4.69) is 15.9 Å². The Kier molecular flexibility index (Phi) is 3.69. The summed E-state index contributed by atoms with van der Waals surface area (Å²) in [4.78, 5) is 14.1. The van der Waals surface area contributed by atoms with Gasteiger partial charge in [-0.2, -0.15) is 0 Å². The van der Waals surface area contributed by atoms with Crippen molar-refractivity contribution in [3.63, 3.8) is 0 Å². The number of furan rings is 1. The first-order valence-electron chi connectivity index (χ1n) is 5.65. The topological polar surface area (TPSA) is 33.5 Å². The van der Waals surface area contributed by atoms with E-state index in [0.717, 1.165) is 30.5 Å². The number of nitrogens with zero attached hydrogens (tertiary/aromatic N) is 1. The lowest BCUT2D eigenvalue weighted by molar-refractivity contribution is 0.0566. The van der Waals surface area contributed by atoms with Gasteiger partial charge in [0.2, 0.25) is 0 Å². The molecular weight excluding hydrogens is 270 g/mol. The molecule has 0 saturated heterocycles. The van der Waals surface area contributed by atoms with Crippen LogP contribution in [0.15, 0.2) is 16.5 Å². The molecule has 0 aromatic carbocycles. The van der Waals surface area contributed by atoms with Crippen LogP contribution >= 0.6 is 15.9 Å². The van der Waals surface area contributed by atoms with E-state index in [1.165, 1.54) is 6.42 Å². The van der Waals surface area contributed by atoms with Crippen LogP contribution in [0, 0.1) is 6.92 Å². The van der Waals surface area contributed by atoms with Gasteiger partial charge in [-0.15, -0.1) is 0 Å². The third kappa shape index (κ3) is 2.32. The Morgan fingerprint density at radius 3 is 2.75 bits per heavy atom. The SMILES string of the molecule is Cc1ccc(C(=O)N(CCBr)C2CCC2)o1. The van der Waals surface area contributed by atoms with E-state index >= 15 is 0 Å². The maximum absolute atomic E-state index is 12.2. The van der Waals surface area contributed by atoms with Crippen molar-refractivity contribution in [1.29, 1.82) is 0 Å². The number of amides is 1. The minimum atomic E-state index is 0.0252. The molecule has 0 atom stereocenters. The second kappa shape index (κ2) is 5.04. The number of hydrogen-bond acceptors (Lipinski definition) is 2. The van der Waals surface area contributed by atoms with Crippen molar-refractivity contribution in [2.75, 3.05) is 11.9 Å². The summed E-state index contributed by atoms with van der Waals surface area (Å²) in [7, 11) is 0. The van der Waals surface area contributed by atoms with E-state index in [0.29, 0.717) is 11.8 Å². The highest BCUT2D eigenvalue weighted by Gasteiger charge is 2.30. The van der Waals surface area contributed by atoms with E-state index in [-0.39, 0.29) is 5.91 Å². The van der Waals surface area contributed by atoms with E-state index in [9.17, 15) is 4.79 Å². The number of carbonyl (C=O) groups excluding carboxylic acids is 1. The van der Waals surface area contributed by atoms with Gasteiger partial charge in [0.15, 0.2) is 5.76 Å². The van der Waals surface area contributed by atoms with Crippen LogP contribution in [-0.2, 0) is 0 Å². The molecule has 1 fully saturated rings. The Labute approximate surface area is 104 Å². The first kappa shape index (κ1) is 11.7. The minimum absolute atomic E-state index is 0.0252. The lowest BCUT2D eigenvalue weighted by Crippen LogP contribution is -2.45. The van der Waals surface area contributed by atoms with Crippen LogP contribution in [-0.4, -0.2) is 28.7 Å². The predicted octanol–water partition coefficient (Wildman–Crippen LogP) is 2.98. The molecule has 1 amide bonds. The molecule has 0 spiro atoms. The third-order valence-electron chi connectivity index (χ3n) is 3.05. The fourth-order valence-electron chi connectivity index (χ4n) is 1.93. The number of alkyl halides is 1. The van der Waals surface area contributed by atoms with Crippen LogP contribution in [0.3, 0.4) is 0 Å². The maximum Gasteiger partial charge on any atom is 0.289 e. The molecule has 0 aliphatic heterocycles. The van der Waals surface area contributed by atoms with Crippen LogP contribution in [0.1, 0.15) is 35.6 Å². The predicted molar refractivity (Wildman–Crippen MR) is 65.9 cm³/mol. The van der Waals surface area contributed by atoms with Crippen molar-refractivity contribution >= 4 is 21.8 Å². The number of aryl methyl sites for hydroxylation is 1. The van der Waals surface area contributed by atoms with E-state index in [1.54, 1.807) is 6.07 Å². The molecule has 0 unspecified atom stereocenters. The smallest absolute Gasteiger partial charge is 0.289 e. The summed E-state index contributed by atoms with van der Waals surface area (Å²) >= 11 is 3.39. The number of hydrogen-bond donors (Lipinski definition) is 0. The third-order valence-corrected chi connectivity index (χ3v) is 3.41. The van der Waals surface area contributed by atoms with E-state index in [4.69, 9.17) is 4.42 Å². The first-order chi connectivity index (χ1) is 7.72. The van der Waals surface area contributed by atoms with Gasteiger partial charge in [-0.3, -0.25) is 4.79 Å². The van der Waals surface area contributed by atoms with Crippen LogP contribution in [0.5, 0.6) is 0 Å². The summed E-state index contributed by atoms with van der Waals surface area (Å²) in [5, 5.41) is 0.814. The van der Waals surface area contributed by atoms with Gasteiger partial charge in [-0.05, 0) is 38.3 Å². The van der Waals surface area contributed by atoms with Crippen LogP contribution in [0.4, 0.5) is 0 Å². The lowest BCUT2D eigenvalue weighted by Gasteiger charge is -2.36. The molecule has 1 aliphatic rings. The van der Waals surface area contributed by atoms with Crippen LogP contribution in [0.25, 0.3) is 0 Å². The second-order valence-corrected chi connectivity index (χ2v) is 4.98. The Bertz CT molecular complexity index is 371. The fourth-order valence-corrected chi connectivity index (χ4v) is 2.31. The molecule has 1 aliphatic carbocycles. The molecule has 4 heteroatoms. The molecule has 0 bridgehead atoms. The average Bonchev–Trinajstić information content (AvgIpc) is 2.60. The van der Waals surface area contributed by atoms with Crippen LogP contribution < -0.4 is 0 Å². The lowest BCUT2D eigenvalue weighted by atomic mass is 9.91. The molecule has 1 aromatic rings. The van der Waals surface area contributed by atoms with Gasteiger partial charge in [-0.25, -0.2) is 0 Å². The molecule has 0 radical (unpaired) electrons. The van der Waals surface area contributed by atoms with Crippen molar-refractivity contribution in [2.45, 2.75) is 32.2 Å². The Balaban J connectivity index is 2.09. The van der Waals surface area contributed by atoms with Gasteiger partial charge in [0, 0.05) is 17.9 Å². The monoisotopic (exact) mass is 285 g/mol. The van der Waals surface area contributed by atoms with Crippen molar-refractivity contribution < 1.29 is 9.21 Å². The fraction of sp³-hybridized carbons (Fsp3) is 0.583. The van der Waals surface area contributed by atoms with Crippen molar-refractivity contribution in [3.8, 4) is 0 Å². The average molecular weight is 286 g/mol. The van der Waals surface area contributed by atoms with E-state index < -0.39 is 0 Å². The standard InChI is InChI=1S/C12H16BrNO2/c1-9-5-6-11(16-9)12(15)14(8-7-13)10-3-2-4-10/h5-6,10H,2-4,7-8H2,1H3. The van der Waals surface area contributed by atoms with Crippen molar-refractivity contribution in [2.24, 2.45) is 0 Å². The Morgan fingerprint density at radius 1 is 1.56 bits per heavy atom. The molecule has 1 heterocycles. The number of rotatable bonds is 4. The molecule has 3 nitrogen and oxygen atoms in total. The number of halogens is 1. The molecule has 2 rings (SSSR count). The van der Waals surface area contributed by atoms with Crippen LogP contribution in [0.2, 0.25) is 0 Å². The summed E-state index contributed by atoms with van der Waals surface area (Å²) in [6.07, 6.45) is 3.48. The normalized spacial score (nSPS) is 15.9. The second-order valence-electron chi connectivity index (χ2n) is 4.18. The summed E-state index contributed by atoms with van der Waals surface area (Å²) < 4.78 is 5.38. The highest BCUT2D eigenvalue weighted by Crippen LogP contribution is 2.26. The highest BCUT2D eigenvalue weighted by molar-refractivity contribution is 9.09. The van der Waals surface area contributed by atoms with E-state index in [1.807, 2.05) is 17.9 Å². The molecule has 0 N–H and O–H groups in total. The minimum Gasteiger partial charge on any atom is -0.456 e. The zero-order chi connectivity index (χ0) is 11.5. The number of carbonyl (C=O) groups is 1. The van der Waals surface area contributed by atoms with Gasteiger partial charge in [0.1, 0.15) is 5.76 Å². The summed E-state index contributed by atoms with van der Waals surface area (Å²) in [5.74, 6) is 1.28. The van der Waals surface area contributed by atoms with Crippen molar-refractivity contribution in [1.82, 2.24) is 4.90 Å². The van der Waals surface area contributed by atoms with Gasteiger partial charge < -0.3 is 9.32 Å². The van der Waals surface area contributed by atoms with Crippen molar-refractivity contribution in [3.05, 3.63) is 23.7 Å². The van der Waals surface area contributed by atoms with Gasteiger partial charge in [0.25, 0.3) is 5.91 Å². The quantitative estimate of drug-likeness (QED) is 0.797. The molecule has 88 valence electrons. The zero-order valence-electron chi connectivity index (χ0n) is 9.41. The van der Waals surface area contributed by atoms with Gasteiger partial charge in [0.05, 0.1) is 0 Å². The molecule has 1 saturated carbocycles. The Morgan fingerprint density at radius 2 is 2.31 bits per heavy atom. The van der Waals surface area contributed by atoms with Gasteiger partial charge >= 0.3 is 0 Å². The molecular formula is C12H16BrNO2. The molecule has 1 aromatic heterocycles. The Hall–Kier alpha value is -0.770. The first-order valence-corrected chi connectivity index (χ1v) is 6.78. The summed E-state index contributed by atoms with van der Waals surface area (Å²) in [6.45, 7) is 2.61.